The van der Waals surface area contributed by atoms with Gasteiger partial charge in [-0.15, -0.1) is 0 Å². The van der Waals surface area contributed by atoms with Crippen LogP contribution in [0.4, 0.5) is 0 Å². The number of carboxylic acids is 1. The Bertz CT molecular complexity index is 647. The maximum absolute atomic E-state index is 12.7. The number of primary amides is 1. The number of rotatable bonds is 15. The molecule has 5 unspecified atom stereocenters. The highest BCUT2D eigenvalue weighted by Gasteiger charge is 2.30. The van der Waals surface area contributed by atoms with E-state index in [0.717, 1.165) is 0 Å². The predicted octanol–water partition coefficient (Wildman–Crippen LogP) is -1.06. The molecule has 8 N–H and O–H groups in total. The van der Waals surface area contributed by atoms with Gasteiger partial charge in [-0.2, -0.15) is 11.8 Å². The Morgan fingerprint density at radius 1 is 0.968 bits per heavy atom. The highest BCUT2D eigenvalue weighted by atomic mass is 32.2. The fourth-order valence-electron chi connectivity index (χ4n) is 2.55. The lowest BCUT2D eigenvalue weighted by Crippen LogP contribution is -2.58. The van der Waals surface area contributed by atoms with E-state index in [-0.39, 0.29) is 25.2 Å². The molecule has 0 bridgehead atoms. The van der Waals surface area contributed by atoms with Crippen molar-refractivity contribution in [1.29, 1.82) is 0 Å². The van der Waals surface area contributed by atoms with Crippen LogP contribution in [0.3, 0.4) is 0 Å². The second kappa shape index (κ2) is 14.6. The number of carbonyl (C=O) groups is 5. The third kappa shape index (κ3) is 11.0. The molecule has 0 aliphatic rings. The van der Waals surface area contributed by atoms with Crippen LogP contribution in [0.1, 0.15) is 46.5 Å². The minimum absolute atomic E-state index is 0.0431. The number of carbonyl (C=O) groups excluding carboxylic acids is 4. The van der Waals surface area contributed by atoms with Crippen LogP contribution >= 0.6 is 11.8 Å². The van der Waals surface area contributed by atoms with Gasteiger partial charge in [0, 0.05) is 6.42 Å². The van der Waals surface area contributed by atoms with Gasteiger partial charge in [0.15, 0.2) is 0 Å². The molecule has 0 aromatic carbocycles. The quantitative estimate of drug-likeness (QED) is 0.177. The fourth-order valence-corrected chi connectivity index (χ4v) is 3.02. The highest BCUT2D eigenvalue weighted by molar-refractivity contribution is 7.98. The van der Waals surface area contributed by atoms with Gasteiger partial charge in [0.25, 0.3) is 0 Å². The smallest absolute Gasteiger partial charge is 0.326 e. The number of hydrogen-bond acceptors (Lipinski definition) is 7. The number of hydrogen-bond donors (Lipinski definition) is 6. The average molecular weight is 462 g/mol. The summed E-state index contributed by atoms with van der Waals surface area (Å²) in [4.78, 5) is 59.6. The van der Waals surface area contributed by atoms with E-state index in [1.54, 1.807) is 6.92 Å². The van der Waals surface area contributed by atoms with Crippen LogP contribution < -0.4 is 27.4 Å². The molecule has 0 fully saturated rings. The van der Waals surface area contributed by atoms with Crippen LogP contribution in [0, 0.1) is 5.92 Å². The van der Waals surface area contributed by atoms with Gasteiger partial charge in [-0.3, -0.25) is 19.2 Å². The molecule has 0 saturated heterocycles. The molecule has 0 heterocycles. The molecule has 0 aliphatic heterocycles. The van der Waals surface area contributed by atoms with Gasteiger partial charge >= 0.3 is 5.97 Å². The normalized spacial score (nSPS) is 15.6. The molecule has 4 amide bonds. The van der Waals surface area contributed by atoms with Crippen molar-refractivity contribution in [3.63, 3.8) is 0 Å². The Hall–Kier alpha value is -2.34. The van der Waals surface area contributed by atoms with E-state index in [9.17, 15) is 29.1 Å². The van der Waals surface area contributed by atoms with Crippen molar-refractivity contribution in [1.82, 2.24) is 16.0 Å². The van der Waals surface area contributed by atoms with Crippen molar-refractivity contribution < 1.29 is 29.1 Å². The summed E-state index contributed by atoms with van der Waals surface area (Å²) in [5.41, 5.74) is 10.8. The molecule has 31 heavy (non-hydrogen) atoms. The first kappa shape index (κ1) is 28.7. The van der Waals surface area contributed by atoms with Gasteiger partial charge in [-0.05, 0) is 37.7 Å². The van der Waals surface area contributed by atoms with Crippen LogP contribution in [0.5, 0.6) is 0 Å². The summed E-state index contributed by atoms with van der Waals surface area (Å²) in [5, 5.41) is 16.7. The lowest BCUT2D eigenvalue weighted by atomic mass is 9.97. The minimum atomic E-state index is -1.16. The Balaban J connectivity index is 5.06. The molecule has 12 heteroatoms. The third-order valence-corrected chi connectivity index (χ3v) is 5.45. The number of aliphatic carboxylic acids is 1. The lowest BCUT2D eigenvalue weighted by Gasteiger charge is -2.26. The van der Waals surface area contributed by atoms with Crippen molar-refractivity contribution >= 4 is 41.4 Å². The first-order valence-corrected chi connectivity index (χ1v) is 11.5. The van der Waals surface area contributed by atoms with Gasteiger partial charge in [0.2, 0.25) is 23.6 Å². The summed E-state index contributed by atoms with van der Waals surface area (Å²) >= 11 is 1.46. The van der Waals surface area contributed by atoms with Gasteiger partial charge < -0.3 is 32.5 Å². The molecule has 0 aromatic rings. The van der Waals surface area contributed by atoms with E-state index in [0.29, 0.717) is 12.2 Å². The largest absolute Gasteiger partial charge is 0.480 e. The van der Waals surface area contributed by atoms with E-state index in [2.05, 4.69) is 16.0 Å². The molecule has 0 spiro atoms. The molecule has 0 aromatic heterocycles. The molecule has 0 saturated carbocycles. The molecule has 178 valence electrons. The second-order valence-corrected chi connectivity index (χ2v) is 8.38. The third-order valence-electron chi connectivity index (χ3n) is 4.81. The molecule has 5 atom stereocenters. The maximum atomic E-state index is 12.7. The van der Waals surface area contributed by atoms with Crippen molar-refractivity contribution in [3.05, 3.63) is 0 Å². The lowest BCUT2D eigenvalue weighted by molar-refractivity contribution is -0.142. The zero-order chi connectivity index (χ0) is 24.1. The number of thioether (sulfide) groups is 1. The van der Waals surface area contributed by atoms with Gasteiger partial charge in [0.05, 0.1) is 6.04 Å². The van der Waals surface area contributed by atoms with E-state index in [4.69, 9.17) is 11.5 Å². The average Bonchev–Trinajstić information content (AvgIpc) is 2.71. The summed E-state index contributed by atoms with van der Waals surface area (Å²) < 4.78 is 0. The summed E-state index contributed by atoms with van der Waals surface area (Å²) in [6, 6.07) is -4.05. The molecular formula is C19H35N5O6S. The van der Waals surface area contributed by atoms with Crippen LogP contribution in [0.15, 0.2) is 0 Å². The number of nitrogens with two attached hydrogens (primary N) is 2. The van der Waals surface area contributed by atoms with Crippen molar-refractivity contribution in [2.24, 2.45) is 17.4 Å². The summed E-state index contributed by atoms with van der Waals surface area (Å²) in [5.74, 6) is -3.31. The van der Waals surface area contributed by atoms with Crippen LogP contribution in [0.2, 0.25) is 0 Å². The Morgan fingerprint density at radius 3 is 2.06 bits per heavy atom. The number of amides is 4. The Kier molecular flexibility index (Phi) is 13.5. The maximum Gasteiger partial charge on any atom is 0.326 e. The second-order valence-electron chi connectivity index (χ2n) is 7.39. The molecular weight excluding hydrogens is 426 g/mol. The number of nitrogens with one attached hydrogen (secondary N) is 3. The van der Waals surface area contributed by atoms with Crippen molar-refractivity contribution in [3.8, 4) is 0 Å². The van der Waals surface area contributed by atoms with Gasteiger partial charge in [0.1, 0.15) is 18.1 Å². The zero-order valence-corrected chi connectivity index (χ0v) is 19.3. The predicted molar refractivity (Wildman–Crippen MR) is 118 cm³/mol. The standard InChI is InChI=1S/C19H35N5O6S/c1-5-10(2)15(24-17(27)12(20)6-7-14(21)25)18(28)22-11(3)16(26)23-13(19(29)30)8-9-31-4/h10-13,15H,5-9,20H2,1-4H3,(H2,21,25)(H,22,28)(H,23,26)(H,24,27)(H,29,30). The Morgan fingerprint density at radius 2 is 1.58 bits per heavy atom. The summed E-state index contributed by atoms with van der Waals surface area (Å²) in [7, 11) is 0. The highest BCUT2D eigenvalue weighted by Crippen LogP contribution is 2.09. The SMILES string of the molecule is CCC(C)C(NC(=O)C(N)CCC(N)=O)C(=O)NC(C)C(=O)NC(CCSC)C(=O)O. The van der Waals surface area contributed by atoms with Gasteiger partial charge in [-0.25, -0.2) is 4.79 Å². The van der Waals surface area contributed by atoms with Crippen molar-refractivity contribution in [2.75, 3.05) is 12.0 Å². The molecule has 11 nitrogen and oxygen atoms in total. The fraction of sp³-hybridized carbons (Fsp3) is 0.737. The van der Waals surface area contributed by atoms with Gasteiger partial charge in [-0.1, -0.05) is 20.3 Å². The minimum Gasteiger partial charge on any atom is -0.480 e. The van der Waals surface area contributed by atoms with E-state index < -0.39 is 53.8 Å². The monoisotopic (exact) mass is 461 g/mol. The summed E-state index contributed by atoms with van der Waals surface area (Å²) in [6.07, 6.45) is 2.62. The van der Waals surface area contributed by atoms with Crippen LogP contribution in [0.25, 0.3) is 0 Å². The molecule has 0 rings (SSSR count). The van der Waals surface area contributed by atoms with E-state index in [1.807, 2.05) is 13.2 Å². The first-order valence-electron chi connectivity index (χ1n) is 10.1. The molecule has 0 aliphatic carbocycles. The molecule has 0 radical (unpaired) electrons. The van der Waals surface area contributed by atoms with Crippen LogP contribution in [-0.2, 0) is 24.0 Å². The Labute approximate surface area is 186 Å². The summed E-state index contributed by atoms with van der Waals surface area (Å²) in [6.45, 7) is 5.02. The van der Waals surface area contributed by atoms with E-state index >= 15 is 0 Å². The van der Waals surface area contributed by atoms with E-state index in [1.165, 1.54) is 18.7 Å². The van der Waals surface area contributed by atoms with Crippen LogP contribution in [-0.4, -0.2) is 70.9 Å². The number of carboxylic acid groups (broad SMARTS) is 1. The first-order chi connectivity index (χ1) is 14.4. The zero-order valence-electron chi connectivity index (χ0n) is 18.5. The topological polar surface area (TPSA) is 194 Å². The van der Waals surface area contributed by atoms with Crippen molar-refractivity contribution in [2.45, 2.75) is 70.6 Å².